The van der Waals surface area contributed by atoms with Gasteiger partial charge in [0.2, 0.25) is 0 Å². The van der Waals surface area contributed by atoms with Crippen molar-refractivity contribution in [3.8, 4) is 0 Å². The Labute approximate surface area is 154 Å². The summed E-state index contributed by atoms with van der Waals surface area (Å²) in [5.41, 5.74) is 4.92. The van der Waals surface area contributed by atoms with Crippen molar-refractivity contribution in [3.63, 3.8) is 0 Å². The van der Waals surface area contributed by atoms with Crippen LogP contribution < -0.4 is 0 Å². The molecule has 1 heterocycles. The van der Waals surface area contributed by atoms with E-state index in [9.17, 15) is 4.79 Å². The molecule has 0 spiro atoms. The fourth-order valence-corrected chi connectivity index (χ4v) is 3.00. The van der Waals surface area contributed by atoms with Crippen molar-refractivity contribution >= 4 is 23.1 Å². The van der Waals surface area contributed by atoms with Gasteiger partial charge in [-0.15, -0.1) is 11.3 Å². The number of hydrogen-bond acceptors (Lipinski definition) is 4. The van der Waals surface area contributed by atoms with Crippen LogP contribution in [0.3, 0.4) is 0 Å². The lowest BCUT2D eigenvalue weighted by Gasteiger charge is -2.17. The van der Waals surface area contributed by atoms with Crippen LogP contribution in [0.2, 0.25) is 0 Å². The fourth-order valence-electron chi connectivity index (χ4n) is 2.44. The zero-order valence-electron chi connectivity index (χ0n) is 15.2. The average molecular weight is 359 g/mol. The van der Waals surface area contributed by atoms with Crippen LogP contribution >= 0.6 is 11.3 Å². The molecule has 1 fully saturated rings. The van der Waals surface area contributed by atoms with E-state index in [0.717, 1.165) is 43.5 Å². The first-order chi connectivity index (χ1) is 11.9. The van der Waals surface area contributed by atoms with Gasteiger partial charge in [0.05, 0.1) is 11.2 Å². The van der Waals surface area contributed by atoms with Crippen LogP contribution in [0.1, 0.15) is 57.7 Å². The van der Waals surface area contributed by atoms with Crippen molar-refractivity contribution in [2.24, 2.45) is 4.99 Å². The highest BCUT2D eigenvalue weighted by molar-refractivity contribution is 7.07. The molecule has 0 aliphatic heterocycles. The summed E-state index contributed by atoms with van der Waals surface area (Å²) < 4.78 is 5.07. The van der Waals surface area contributed by atoms with Gasteiger partial charge in [0.1, 0.15) is 5.60 Å². The summed E-state index contributed by atoms with van der Waals surface area (Å²) in [6, 6.07) is 10.4. The molecule has 25 heavy (non-hydrogen) atoms. The van der Waals surface area contributed by atoms with Crippen molar-refractivity contribution < 1.29 is 9.53 Å². The first-order valence-electron chi connectivity index (χ1n) is 8.63. The van der Waals surface area contributed by atoms with Gasteiger partial charge in [0.25, 0.3) is 0 Å². The molecule has 5 heteroatoms. The van der Waals surface area contributed by atoms with Crippen molar-refractivity contribution in [2.45, 2.75) is 58.5 Å². The van der Waals surface area contributed by atoms with E-state index in [2.05, 4.69) is 39.6 Å². The maximum absolute atomic E-state index is 11.2. The monoisotopic (exact) mass is 358 g/mol. The molecule has 134 valence electrons. The number of ether oxygens (including phenoxy) is 1. The lowest BCUT2D eigenvalue weighted by Crippen LogP contribution is -2.22. The van der Waals surface area contributed by atoms with Gasteiger partial charge in [-0.05, 0) is 52.0 Å². The third-order valence-electron chi connectivity index (χ3n) is 3.54. The molecule has 0 radical (unpaired) electrons. The molecule has 0 bridgehead atoms. The third kappa shape index (κ3) is 8.07. The molecule has 2 aromatic rings. The number of hydrogen-bond donors (Lipinski definition) is 0. The number of amides is 1. The molecule has 3 rings (SSSR count). The summed E-state index contributed by atoms with van der Waals surface area (Å²) in [4.78, 5) is 19.4. The quantitative estimate of drug-likeness (QED) is 0.695. The summed E-state index contributed by atoms with van der Waals surface area (Å²) >= 11 is 1.65. The molecule has 1 aliphatic carbocycles. The highest BCUT2D eigenvalue weighted by atomic mass is 32.1. The second-order valence-corrected chi connectivity index (χ2v) is 7.73. The Morgan fingerprint density at radius 1 is 1.20 bits per heavy atom. The van der Waals surface area contributed by atoms with E-state index in [-0.39, 0.29) is 0 Å². The van der Waals surface area contributed by atoms with Gasteiger partial charge in [-0.25, -0.2) is 9.78 Å². The van der Waals surface area contributed by atoms with E-state index in [0.29, 0.717) is 0 Å². The Morgan fingerprint density at radius 3 is 2.44 bits per heavy atom. The Morgan fingerprint density at radius 2 is 1.88 bits per heavy atom. The Bertz CT molecular complexity index is 665. The molecule has 1 aromatic carbocycles. The van der Waals surface area contributed by atoms with Crippen molar-refractivity contribution in [1.82, 2.24) is 4.98 Å². The first kappa shape index (κ1) is 19.3. The lowest BCUT2D eigenvalue weighted by atomic mass is 10.1. The Kier molecular flexibility index (Phi) is 7.31. The van der Waals surface area contributed by atoms with Crippen molar-refractivity contribution in [2.75, 3.05) is 0 Å². The third-order valence-corrected chi connectivity index (χ3v) is 4.17. The highest BCUT2D eigenvalue weighted by Crippen LogP contribution is 2.16. The smallest absolute Gasteiger partial charge is 0.434 e. The van der Waals surface area contributed by atoms with Crippen molar-refractivity contribution in [1.29, 1.82) is 0 Å². The minimum Gasteiger partial charge on any atom is -0.442 e. The molecule has 4 nitrogen and oxygen atoms in total. The predicted octanol–water partition coefficient (Wildman–Crippen LogP) is 5.67. The molecule has 1 amide bonds. The van der Waals surface area contributed by atoms with Gasteiger partial charge < -0.3 is 4.74 Å². The maximum Gasteiger partial charge on any atom is 0.434 e. The van der Waals surface area contributed by atoms with E-state index in [4.69, 9.17) is 4.74 Å². The number of aliphatic imine (C=N–C) groups is 1. The number of carbonyl (C=O) groups is 1. The van der Waals surface area contributed by atoms with Gasteiger partial charge in [-0.1, -0.05) is 30.3 Å². The molecule has 0 unspecified atom stereocenters. The van der Waals surface area contributed by atoms with Crippen molar-refractivity contribution in [3.05, 3.63) is 52.5 Å². The number of thiazole rings is 1. The minimum atomic E-state index is -0.440. The van der Waals surface area contributed by atoms with Crippen LogP contribution in [0.5, 0.6) is 0 Å². The Balaban J connectivity index is 0.000000181. The summed E-state index contributed by atoms with van der Waals surface area (Å²) in [5, 5.41) is 2.09. The number of benzene rings is 1. The zero-order valence-corrected chi connectivity index (χ0v) is 16.0. The van der Waals surface area contributed by atoms with E-state index in [1.165, 1.54) is 5.56 Å². The standard InChI is InChI=1S/C10H17NO2.C10H9NS/c1-10(2,3)13-9(12)11-8-6-4-5-7-8;1-2-4-9(5-3-1)6-10-7-12-8-11-10/h4-7H2,1-3H3;1-5,7-8H,6H2. The van der Waals surface area contributed by atoms with Gasteiger partial charge in [-0.3, -0.25) is 0 Å². The van der Waals surface area contributed by atoms with Gasteiger partial charge in [0, 0.05) is 17.5 Å². The number of aromatic nitrogens is 1. The first-order valence-corrected chi connectivity index (χ1v) is 9.57. The summed E-state index contributed by atoms with van der Waals surface area (Å²) in [7, 11) is 0. The van der Waals surface area contributed by atoms with Gasteiger partial charge in [0.15, 0.2) is 0 Å². The fraction of sp³-hybridized carbons (Fsp3) is 0.450. The number of nitrogens with zero attached hydrogens (tertiary/aromatic N) is 2. The minimum absolute atomic E-state index is 0.431. The summed E-state index contributed by atoms with van der Waals surface area (Å²) in [5.74, 6) is 0. The average Bonchev–Trinajstić information content (AvgIpc) is 3.21. The van der Waals surface area contributed by atoms with Crippen LogP contribution in [0.15, 0.2) is 46.2 Å². The van der Waals surface area contributed by atoms with Crippen LogP contribution in [0.25, 0.3) is 0 Å². The van der Waals surface area contributed by atoms with Gasteiger partial charge in [-0.2, -0.15) is 4.99 Å². The Hall–Kier alpha value is -2.01. The number of rotatable bonds is 2. The SMILES string of the molecule is CC(C)(C)OC(=O)N=C1CCCC1.c1ccc(Cc2cscn2)cc1. The molecular weight excluding hydrogens is 332 g/mol. The lowest BCUT2D eigenvalue weighted by molar-refractivity contribution is 0.0604. The molecule has 1 saturated carbocycles. The largest absolute Gasteiger partial charge is 0.442 e. The second kappa shape index (κ2) is 9.47. The van der Waals surface area contributed by atoms with Gasteiger partial charge >= 0.3 is 6.09 Å². The van der Waals surface area contributed by atoms with E-state index < -0.39 is 11.7 Å². The summed E-state index contributed by atoms with van der Waals surface area (Å²) in [6.45, 7) is 5.54. The van der Waals surface area contributed by atoms with Crippen LogP contribution in [-0.2, 0) is 11.2 Å². The molecular formula is C20H26N2O2S. The van der Waals surface area contributed by atoms with E-state index in [1.54, 1.807) is 11.3 Å². The molecule has 1 aromatic heterocycles. The van der Waals surface area contributed by atoms with E-state index >= 15 is 0 Å². The number of carbonyl (C=O) groups excluding carboxylic acids is 1. The molecule has 0 saturated heterocycles. The van der Waals surface area contributed by atoms with Crippen LogP contribution in [0.4, 0.5) is 4.79 Å². The maximum atomic E-state index is 11.2. The highest BCUT2D eigenvalue weighted by Gasteiger charge is 2.17. The topological polar surface area (TPSA) is 51.5 Å². The molecule has 0 N–H and O–H groups in total. The zero-order chi connectivity index (χ0) is 18.1. The van der Waals surface area contributed by atoms with Crippen LogP contribution in [-0.4, -0.2) is 22.4 Å². The predicted molar refractivity (Wildman–Crippen MR) is 103 cm³/mol. The molecule has 1 aliphatic rings. The molecule has 0 atom stereocenters. The second-order valence-electron chi connectivity index (χ2n) is 7.01. The van der Waals surface area contributed by atoms with Crippen LogP contribution in [0, 0.1) is 0 Å². The van der Waals surface area contributed by atoms with E-state index in [1.807, 2.05) is 32.3 Å². The normalized spacial score (nSPS) is 13.8. The summed E-state index contributed by atoms with van der Waals surface area (Å²) in [6.07, 6.45) is 4.73.